The number of hydrogen-bond acceptors (Lipinski definition) is 8. The minimum atomic E-state index is -0.589. The van der Waals surface area contributed by atoms with Crippen LogP contribution in [0.1, 0.15) is 25.0 Å². The summed E-state index contributed by atoms with van der Waals surface area (Å²) in [7, 11) is 1.43. The Hall–Kier alpha value is -2.84. The second-order valence-electron chi connectivity index (χ2n) is 7.66. The van der Waals surface area contributed by atoms with Gasteiger partial charge in [0.05, 0.1) is 37.0 Å². The van der Waals surface area contributed by atoms with E-state index in [4.69, 9.17) is 9.47 Å². The molecule has 0 fully saturated rings. The number of nitrogens with one attached hydrogen (secondary N) is 2. The summed E-state index contributed by atoms with van der Waals surface area (Å²) in [4.78, 5) is 16.4. The van der Waals surface area contributed by atoms with Gasteiger partial charge >= 0.3 is 5.97 Å². The molecule has 8 heteroatoms. The third-order valence-electron chi connectivity index (χ3n) is 5.04. The lowest BCUT2D eigenvalue weighted by Crippen LogP contribution is -2.50. The van der Waals surface area contributed by atoms with Crippen molar-refractivity contribution in [3.05, 3.63) is 47.7 Å². The van der Waals surface area contributed by atoms with Crippen LogP contribution in [0.5, 0.6) is 5.88 Å². The molecular weight excluding hydrogens is 358 g/mol. The first-order valence-electron chi connectivity index (χ1n) is 9.32. The van der Waals surface area contributed by atoms with Crippen LogP contribution in [0.4, 0.5) is 11.4 Å². The van der Waals surface area contributed by atoms with E-state index < -0.39 is 5.41 Å². The van der Waals surface area contributed by atoms with Crippen LogP contribution in [0.25, 0.3) is 0 Å². The third-order valence-corrected chi connectivity index (χ3v) is 5.04. The van der Waals surface area contributed by atoms with Gasteiger partial charge in [-0.15, -0.1) is 5.53 Å². The number of pyridine rings is 1. The van der Waals surface area contributed by atoms with Crippen molar-refractivity contribution in [2.45, 2.75) is 26.8 Å². The van der Waals surface area contributed by atoms with Crippen molar-refractivity contribution >= 4 is 17.3 Å². The Balaban J connectivity index is 1.58. The molecule has 0 saturated carbocycles. The summed E-state index contributed by atoms with van der Waals surface area (Å²) < 4.78 is 10.7. The van der Waals surface area contributed by atoms with Crippen LogP contribution in [-0.4, -0.2) is 36.2 Å². The Morgan fingerprint density at radius 1 is 1.36 bits per heavy atom. The van der Waals surface area contributed by atoms with E-state index in [1.165, 1.54) is 7.11 Å². The number of rotatable bonds is 4. The lowest BCUT2D eigenvalue weighted by Gasteiger charge is -2.31. The van der Waals surface area contributed by atoms with E-state index in [9.17, 15) is 4.79 Å². The highest BCUT2D eigenvalue weighted by Crippen LogP contribution is 2.34. The SMILES string of the molecule is COC(=O)C(C)(C)Cc1ccc2c(c1)N(N1CCOc3ncccc3C1)NN2. The minimum absolute atomic E-state index is 0.213. The van der Waals surface area contributed by atoms with Crippen molar-refractivity contribution in [3.8, 4) is 5.88 Å². The molecule has 0 aliphatic carbocycles. The summed E-state index contributed by atoms with van der Waals surface area (Å²) in [6.07, 6.45) is 2.34. The van der Waals surface area contributed by atoms with Crippen molar-refractivity contribution in [1.82, 2.24) is 15.5 Å². The van der Waals surface area contributed by atoms with Gasteiger partial charge in [-0.25, -0.2) is 10.1 Å². The fourth-order valence-electron chi connectivity index (χ4n) is 3.59. The highest BCUT2D eigenvalue weighted by atomic mass is 16.5. The van der Waals surface area contributed by atoms with Crippen molar-refractivity contribution in [2.75, 3.05) is 30.8 Å². The number of fused-ring (bicyclic) bond motifs is 2. The summed E-state index contributed by atoms with van der Waals surface area (Å²) in [6, 6.07) is 10.1. The smallest absolute Gasteiger partial charge is 0.311 e. The number of ether oxygens (including phenoxy) is 2. The lowest BCUT2D eigenvalue weighted by atomic mass is 9.85. The molecule has 28 heavy (non-hydrogen) atoms. The number of esters is 1. The molecule has 0 radical (unpaired) electrons. The molecule has 2 N–H and O–H groups in total. The molecule has 2 aliphatic heterocycles. The van der Waals surface area contributed by atoms with E-state index in [1.807, 2.05) is 43.2 Å². The van der Waals surface area contributed by atoms with E-state index in [0.29, 0.717) is 32.0 Å². The number of aromatic nitrogens is 1. The first kappa shape index (κ1) is 18.5. The van der Waals surface area contributed by atoms with Crippen LogP contribution in [0.2, 0.25) is 0 Å². The normalized spacial score (nSPS) is 16.5. The molecule has 4 rings (SSSR count). The van der Waals surface area contributed by atoms with Gasteiger partial charge in [0.15, 0.2) is 0 Å². The summed E-state index contributed by atoms with van der Waals surface area (Å²) in [5.74, 6) is 0.473. The molecule has 8 nitrogen and oxygen atoms in total. The Morgan fingerprint density at radius 3 is 3.04 bits per heavy atom. The Labute approximate surface area is 164 Å². The van der Waals surface area contributed by atoms with Crippen LogP contribution in [0, 0.1) is 5.41 Å². The average molecular weight is 383 g/mol. The number of hydrazine groups is 3. The van der Waals surface area contributed by atoms with Crippen LogP contribution in [0.15, 0.2) is 36.5 Å². The molecular formula is C20H25N5O3. The average Bonchev–Trinajstić information content (AvgIpc) is 2.98. The quantitative estimate of drug-likeness (QED) is 0.779. The number of benzene rings is 1. The second-order valence-corrected chi connectivity index (χ2v) is 7.66. The Morgan fingerprint density at radius 2 is 2.21 bits per heavy atom. The van der Waals surface area contributed by atoms with E-state index in [2.05, 4.69) is 27.0 Å². The molecule has 1 aromatic carbocycles. The van der Waals surface area contributed by atoms with Gasteiger partial charge in [-0.1, -0.05) is 12.1 Å². The standard InChI is InChI=1S/C20H25N5O3/c1-20(2,19(26)27-3)12-14-6-7-16-17(11-14)25(23-22-16)24-9-10-28-18-15(13-24)5-4-8-21-18/h4-8,11,22-23H,9-10,12-13H2,1-3H3. The van der Waals surface area contributed by atoms with Gasteiger partial charge in [0.1, 0.15) is 6.61 Å². The molecule has 2 aromatic rings. The highest BCUT2D eigenvalue weighted by Gasteiger charge is 2.31. The molecule has 0 atom stereocenters. The monoisotopic (exact) mass is 383 g/mol. The number of hydrogen-bond donors (Lipinski definition) is 2. The largest absolute Gasteiger partial charge is 0.476 e. The van der Waals surface area contributed by atoms with E-state index in [1.54, 1.807) is 6.20 Å². The zero-order chi connectivity index (χ0) is 19.7. The molecule has 3 heterocycles. The third kappa shape index (κ3) is 3.48. The molecule has 2 aliphatic rings. The Kier molecular flexibility index (Phi) is 4.82. The predicted octanol–water partition coefficient (Wildman–Crippen LogP) is 2.28. The zero-order valence-electron chi connectivity index (χ0n) is 16.4. The highest BCUT2D eigenvalue weighted by molar-refractivity contribution is 5.77. The van der Waals surface area contributed by atoms with Gasteiger partial charge in [-0.2, -0.15) is 5.01 Å². The first-order chi connectivity index (χ1) is 13.5. The fourth-order valence-corrected chi connectivity index (χ4v) is 3.59. The van der Waals surface area contributed by atoms with Gasteiger partial charge in [-0.3, -0.25) is 4.79 Å². The summed E-state index contributed by atoms with van der Waals surface area (Å²) >= 11 is 0. The molecule has 0 unspecified atom stereocenters. The molecule has 148 valence electrons. The molecule has 1 aromatic heterocycles. The number of anilines is 2. The van der Waals surface area contributed by atoms with Crippen LogP contribution in [0.3, 0.4) is 0 Å². The topological polar surface area (TPSA) is 79.0 Å². The van der Waals surface area contributed by atoms with Gasteiger partial charge < -0.3 is 14.9 Å². The fraction of sp³-hybridized carbons (Fsp3) is 0.400. The van der Waals surface area contributed by atoms with Gasteiger partial charge in [0, 0.05) is 11.8 Å². The summed E-state index contributed by atoms with van der Waals surface area (Å²) in [5.41, 5.74) is 9.92. The number of nitrogens with zero attached hydrogens (tertiary/aromatic N) is 3. The van der Waals surface area contributed by atoms with Crippen molar-refractivity contribution in [1.29, 1.82) is 0 Å². The minimum Gasteiger partial charge on any atom is -0.476 e. The maximum Gasteiger partial charge on any atom is 0.311 e. The molecule has 0 saturated heterocycles. The molecule has 0 spiro atoms. The first-order valence-corrected chi connectivity index (χ1v) is 9.32. The number of methoxy groups -OCH3 is 1. The van der Waals surface area contributed by atoms with E-state index in [-0.39, 0.29) is 5.97 Å². The van der Waals surface area contributed by atoms with Crippen LogP contribution < -0.4 is 20.8 Å². The Bertz CT molecular complexity index is 886. The summed E-state index contributed by atoms with van der Waals surface area (Å²) in [5, 5.41) is 4.16. The number of carbonyl (C=O) groups excluding carboxylic acids is 1. The maximum absolute atomic E-state index is 12.1. The van der Waals surface area contributed by atoms with Crippen LogP contribution >= 0.6 is 0 Å². The van der Waals surface area contributed by atoms with Crippen molar-refractivity contribution < 1.29 is 14.3 Å². The zero-order valence-corrected chi connectivity index (χ0v) is 16.4. The lowest BCUT2D eigenvalue weighted by molar-refractivity contribution is -0.150. The van der Waals surface area contributed by atoms with E-state index in [0.717, 1.165) is 22.5 Å². The second kappa shape index (κ2) is 7.29. The van der Waals surface area contributed by atoms with E-state index >= 15 is 0 Å². The van der Waals surface area contributed by atoms with Gasteiger partial charge in [0.2, 0.25) is 5.88 Å². The molecule has 0 amide bonds. The summed E-state index contributed by atoms with van der Waals surface area (Å²) in [6.45, 7) is 5.73. The van der Waals surface area contributed by atoms with Gasteiger partial charge in [-0.05, 0) is 44.0 Å². The molecule has 0 bridgehead atoms. The van der Waals surface area contributed by atoms with Crippen LogP contribution in [-0.2, 0) is 22.5 Å². The van der Waals surface area contributed by atoms with Gasteiger partial charge in [0.25, 0.3) is 0 Å². The number of carbonyl (C=O) groups is 1. The maximum atomic E-state index is 12.1. The predicted molar refractivity (Wildman–Crippen MR) is 105 cm³/mol. The van der Waals surface area contributed by atoms with Crippen molar-refractivity contribution in [2.24, 2.45) is 5.41 Å². The van der Waals surface area contributed by atoms with Crippen molar-refractivity contribution in [3.63, 3.8) is 0 Å².